The summed E-state index contributed by atoms with van der Waals surface area (Å²) in [4.78, 5) is 3.21. The Morgan fingerprint density at radius 2 is 2.14 bits per heavy atom. The van der Waals surface area contributed by atoms with E-state index >= 15 is 0 Å². The average Bonchev–Trinajstić information content (AvgIpc) is 2.46. The third-order valence-electron chi connectivity index (χ3n) is 2.52. The number of fused-ring (bicyclic) bond motifs is 1. The lowest BCUT2D eigenvalue weighted by Crippen LogP contribution is -1.91. The largest absolute Gasteiger partial charge is 0.398 e. The fourth-order valence-electron chi connectivity index (χ4n) is 1.70. The highest BCUT2D eigenvalue weighted by Gasteiger charge is 2.05. The Hall–Kier alpha value is -1.70. The van der Waals surface area contributed by atoms with E-state index in [1.54, 1.807) is 0 Å². The predicted octanol–water partition coefficient (Wildman–Crippen LogP) is 3.09. The molecule has 1 aromatic carbocycles. The molecule has 0 aliphatic heterocycles. The molecule has 0 unspecified atom stereocenters. The first-order valence-electron chi connectivity index (χ1n) is 4.62. The Morgan fingerprint density at radius 3 is 2.79 bits per heavy atom. The zero-order chi connectivity index (χ0) is 10.3. The molecule has 0 fully saturated rings. The Labute approximate surface area is 83.4 Å². The Bertz CT molecular complexity index is 506. The maximum atomic E-state index is 5.94. The summed E-state index contributed by atoms with van der Waals surface area (Å²) in [5, 5.41) is 1.19. The van der Waals surface area contributed by atoms with Crippen LogP contribution in [0.4, 0.5) is 5.69 Å². The molecule has 72 valence electrons. The maximum Gasteiger partial charge on any atom is 0.0464 e. The molecule has 2 rings (SSSR count). The van der Waals surface area contributed by atoms with Crippen LogP contribution in [0.3, 0.4) is 0 Å². The van der Waals surface area contributed by atoms with Crippen molar-refractivity contribution in [3.63, 3.8) is 0 Å². The first-order valence-corrected chi connectivity index (χ1v) is 4.62. The predicted molar refractivity (Wildman–Crippen MR) is 62.2 cm³/mol. The summed E-state index contributed by atoms with van der Waals surface area (Å²) in [6, 6.07) is 4.06. The van der Waals surface area contributed by atoms with Crippen LogP contribution in [0.5, 0.6) is 0 Å². The third kappa shape index (κ3) is 1.20. The first kappa shape index (κ1) is 8.88. The molecule has 0 aliphatic rings. The normalized spacial score (nSPS) is 10.7. The van der Waals surface area contributed by atoms with Gasteiger partial charge in [0.1, 0.15) is 0 Å². The fraction of sp³-hybridized carbons (Fsp3) is 0.167. The van der Waals surface area contributed by atoms with Gasteiger partial charge >= 0.3 is 0 Å². The number of H-pyrrole nitrogens is 1. The number of hydrogen-bond donors (Lipinski definition) is 2. The second kappa shape index (κ2) is 2.91. The zero-order valence-corrected chi connectivity index (χ0v) is 8.52. The number of aromatic amines is 1. The highest BCUT2D eigenvalue weighted by Crippen LogP contribution is 2.27. The van der Waals surface area contributed by atoms with E-state index in [1.807, 2.05) is 19.2 Å². The van der Waals surface area contributed by atoms with Gasteiger partial charge in [-0.05, 0) is 37.1 Å². The number of hydrogen-bond acceptors (Lipinski definition) is 1. The van der Waals surface area contributed by atoms with Gasteiger partial charge in [-0.3, -0.25) is 0 Å². The molecule has 2 aromatic rings. The summed E-state index contributed by atoms with van der Waals surface area (Å²) >= 11 is 0. The molecule has 0 amide bonds. The van der Waals surface area contributed by atoms with Crippen LogP contribution in [0, 0.1) is 6.92 Å². The quantitative estimate of drug-likeness (QED) is 0.660. The van der Waals surface area contributed by atoms with Crippen LogP contribution in [0.2, 0.25) is 0 Å². The Kier molecular flexibility index (Phi) is 1.84. The second-order valence-corrected chi connectivity index (χ2v) is 3.74. The van der Waals surface area contributed by atoms with Crippen molar-refractivity contribution >= 4 is 22.2 Å². The van der Waals surface area contributed by atoms with E-state index in [0.29, 0.717) is 0 Å². The molecule has 0 atom stereocenters. The van der Waals surface area contributed by atoms with Gasteiger partial charge in [-0.1, -0.05) is 6.58 Å². The molecule has 2 heteroatoms. The molecule has 1 heterocycles. The summed E-state index contributed by atoms with van der Waals surface area (Å²) in [6.07, 6.45) is 1.99. The van der Waals surface area contributed by atoms with Crippen LogP contribution in [0.1, 0.15) is 18.1 Å². The van der Waals surface area contributed by atoms with E-state index in [-0.39, 0.29) is 0 Å². The monoisotopic (exact) mass is 186 g/mol. The Balaban J connectivity index is 2.79. The summed E-state index contributed by atoms with van der Waals surface area (Å²) in [5.74, 6) is 0. The number of nitrogen functional groups attached to an aromatic ring is 1. The van der Waals surface area contributed by atoms with Gasteiger partial charge in [0.2, 0.25) is 0 Å². The van der Waals surface area contributed by atoms with Crippen molar-refractivity contribution in [3.8, 4) is 0 Å². The highest BCUT2D eigenvalue weighted by molar-refractivity contribution is 5.91. The molecule has 0 spiro atoms. The number of nitrogens with two attached hydrogens (primary N) is 1. The van der Waals surface area contributed by atoms with Crippen molar-refractivity contribution in [2.75, 3.05) is 5.73 Å². The lowest BCUT2D eigenvalue weighted by molar-refractivity contribution is 1.42. The smallest absolute Gasteiger partial charge is 0.0464 e. The van der Waals surface area contributed by atoms with Crippen LogP contribution in [0.15, 0.2) is 24.9 Å². The number of aryl methyl sites for hydroxylation is 1. The lowest BCUT2D eigenvalue weighted by atomic mass is 10.0. The number of rotatable bonds is 1. The van der Waals surface area contributed by atoms with Gasteiger partial charge in [-0.25, -0.2) is 0 Å². The number of allylic oxidation sites excluding steroid dienone is 1. The third-order valence-corrected chi connectivity index (χ3v) is 2.52. The molecule has 0 aliphatic carbocycles. The molecule has 14 heavy (non-hydrogen) atoms. The van der Waals surface area contributed by atoms with Crippen molar-refractivity contribution in [2.45, 2.75) is 13.8 Å². The topological polar surface area (TPSA) is 41.8 Å². The van der Waals surface area contributed by atoms with Gasteiger partial charge in [-0.2, -0.15) is 0 Å². The molecule has 0 radical (unpaired) electrons. The van der Waals surface area contributed by atoms with E-state index in [0.717, 1.165) is 22.3 Å². The van der Waals surface area contributed by atoms with E-state index in [2.05, 4.69) is 24.6 Å². The van der Waals surface area contributed by atoms with E-state index in [1.165, 1.54) is 10.9 Å². The van der Waals surface area contributed by atoms with E-state index < -0.39 is 0 Å². The average molecular weight is 186 g/mol. The van der Waals surface area contributed by atoms with Crippen molar-refractivity contribution in [3.05, 3.63) is 36.0 Å². The van der Waals surface area contributed by atoms with Gasteiger partial charge in [0.05, 0.1) is 0 Å². The van der Waals surface area contributed by atoms with Crippen LogP contribution < -0.4 is 5.73 Å². The van der Waals surface area contributed by atoms with Crippen LogP contribution in [0.25, 0.3) is 16.5 Å². The fourth-order valence-corrected chi connectivity index (χ4v) is 1.70. The number of benzene rings is 1. The van der Waals surface area contributed by atoms with Gasteiger partial charge in [0.25, 0.3) is 0 Å². The summed E-state index contributed by atoms with van der Waals surface area (Å²) in [6.45, 7) is 7.94. The molecular weight excluding hydrogens is 172 g/mol. The maximum absolute atomic E-state index is 5.94. The summed E-state index contributed by atoms with van der Waals surface area (Å²) < 4.78 is 0. The van der Waals surface area contributed by atoms with E-state index in [4.69, 9.17) is 5.73 Å². The minimum absolute atomic E-state index is 0.799. The van der Waals surface area contributed by atoms with Gasteiger partial charge in [-0.15, -0.1) is 0 Å². The van der Waals surface area contributed by atoms with Crippen molar-refractivity contribution in [2.24, 2.45) is 0 Å². The molecular formula is C12H14N2. The van der Waals surface area contributed by atoms with E-state index in [9.17, 15) is 0 Å². The molecule has 0 bridgehead atoms. The SMILES string of the molecule is C=C(C)c1cc2[nH]cc(C)c2cc1N. The van der Waals surface area contributed by atoms with Crippen molar-refractivity contribution < 1.29 is 0 Å². The molecule has 0 saturated carbocycles. The summed E-state index contributed by atoms with van der Waals surface area (Å²) in [7, 11) is 0. The number of aromatic nitrogens is 1. The molecule has 2 nitrogen and oxygen atoms in total. The van der Waals surface area contributed by atoms with Gasteiger partial charge < -0.3 is 10.7 Å². The van der Waals surface area contributed by atoms with Crippen molar-refractivity contribution in [1.82, 2.24) is 4.98 Å². The minimum Gasteiger partial charge on any atom is -0.398 e. The number of anilines is 1. The van der Waals surface area contributed by atoms with Gasteiger partial charge in [0, 0.05) is 28.4 Å². The second-order valence-electron chi connectivity index (χ2n) is 3.74. The molecule has 3 N–H and O–H groups in total. The van der Waals surface area contributed by atoms with Gasteiger partial charge in [0.15, 0.2) is 0 Å². The number of nitrogens with one attached hydrogen (secondary N) is 1. The standard InChI is InChI=1S/C12H14N2/c1-7(2)9-5-12-10(4-11(9)13)8(3)6-14-12/h4-6,14H,1,13H2,2-3H3. The zero-order valence-electron chi connectivity index (χ0n) is 8.52. The van der Waals surface area contributed by atoms with Crippen LogP contribution >= 0.6 is 0 Å². The minimum atomic E-state index is 0.799. The van der Waals surface area contributed by atoms with Crippen LogP contribution in [-0.4, -0.2) is 4.98 Å². The van der Waals surface area contributed by atoms with Crippen molar-refractivity contribution in [1.29, 1.82) is 0 Å². The highest BCUT2D eigenvalue weighted by atomic mass is 14.7. The molecule has 0 saturated heterocycles. The summed E-state index contributed by atoms with van der Waals surface area (Å²) in [5.41, 5.74) is 11.1. The lowest BCUT2D eigenvalue weighted by Gasteiger charge is -2.05. The van der Waals surface area contributed by atoms with Crippen LogP contribution in [-0.2, 0) is 0 Å². The Morgan fingerprint density at radius 1 is 1.43 bits per heavy atom. The first-order chi connectivity index (χ1) is 6.59. The molecule has 1 aromatic heterocycles.